The zero-order valence-corrected chi connectivity index (χ0v) is 6.99. The molecule has 0 atom stereocenters. The summed E-state index contributed by atoms with van der Waals surface area (Å²) in [6.07, 6.45) is 0. The third-order valence-corrected chi connectivity index (χ3v) is 2.04. The van der Waals surface area contributed by atoms with Crippen molar-refractivity contribution in [3.63, 3.8) is 0 Å². The number of hydrogen-bond donors (Lipinski definition) is 1. The largest absolute Gasteiger partial charge is 0.407 e. The van der Waals surface area contributed by atoms with Crippen LogP contribution in [0.4, 0.5) is 11.4 Å². The first-order chi connectivity index (χ1) is 6.33. The summed E-state index contributed by atoms with van der Waals surface area (Å²) in [6.45, 7) is 7.01. The lowest BCUT2D eigenvalue weighted by atomic mass is 10.1. The van der Waals surface area contributed by atoms with Crippen LogP contribution in [-0.4, -0.2) is 0 Å². The van der Waals surface area contributed by atoms with Crippen LogP contribution in [0.3, 0.4) is 0 Å². The topological polar surface area (TPSA) is 30.4 Å². The smallest absolute Gasteiger partial charge is 0.216 e. The molecular formula is C11H8N2. The van der Waals surface area contributed by atoms with Crippen LogP contribution in [0.25, 0.3) is 15.6 Å². The Morgan fingerprint density at radius 2 is 1.85 bits per heavy atom. The Labute approximate surface area is 76.4 Å². The minimum Gasteiger partial charge on any atom is -0.407 e. The van der Waals surface area contributed by atoms with Crippen molar-refractivity contribution in [3.05, 3.63) is 47.8 Å². The number of benzene rings is 2. The van der Waals surface area contributed by atoms with E-state index in [1.807, 2.05) is 30.3 Å². The monoisotopic (exact) mass is 168 g/mol. The molecule has 2 heteroatoms. The van der Waals surface area contributed by atoms with Crippen molar-refractivity contribution in [1.29, 1.82) is 0 Å². The van der Waals surface area contributed by atoms with Gasteiger partial charge in [0.15, 0.2) is 0 Å². The lowest BCUT2D eigenvalue weighted by molar-refractivity contribution is 1.73. The maximum Gasteiger partial charge on any atom is 0.216 e. The lowest BCUT2D eigenvalue weighted by Crippen LogP contribution is -1.84. The van der Waals surface area contributed by atoms with Crippen molar-refractivity contribution >= 4 is 22.1 Å². The van der Waals surface area contributed by atoms with E-state index in [-0.39, 0.29) is 0 Å². The van der Waals surface area contributed by atoms with Crippen LogP contribution in [0.15, 0.2) is 36.4 Å². The molecule has 0 saturated carbocycles. The van der Waals surface area contributed by atoms with Crippen LogP contribution in [0.2, 0.25) is 0 Å². The highest BCUT2D eigenvalue weighted by Gasteiger charge is 2.02. The van der Waals surface area contributed by atoms with Crippen molar-refractivity contribution < 1.29 is 0 Å². The summed E-state index contributed by atoms with van der Waals surface area (Å²) < 4.78 is 0. The molecule has 0 aliphatic rings. The SMILES string of the molecule is [C-]#[N+]c1c(N)ccc2ccccc12. The fourth-order valence-electron chi connectivity index (χ4n) is 1.40. The van der Waals surface area contributed by atoms with Gasteiger partial charge in [0.1, 0.15) is 0 Å². The van der Waals surface area contributed by atoms with E-state index in [0.29, 0.717) is 11.4 Å². The summed E-state index contributed by atoms with van der Waals surface area (Å²) in [7, 11) is 0. The standard InChI is InChI=1S/C11H8N2/c1-13-11-9-5-3-2-4-8(9)6-7-10(11)12/h2-7H,12H2. The molecule has 0 heterocycles. The van der Waals surface area contributed by atoms with E-state index < -0.39 is 0 Å². The van der Waals surface area contributed by atoms with E-state index in [2.05, 4.69) is 4.85 Å². The average Bonchev–Trinajstić information content (AvgIpc) is 2.18. The van der Waals surface area contributed by atoms with Crippen LogP contribution in [-0.2, 0) is 0 Å². The van der Waals surface area contributed by atoms with Gasteiger partial charge in [-0.1, -0.05) is 30.3 Å². The number of anilines is 1. The molecule has 2 N–H and O–H groups in total. The molecule has 13 heavy (non-hydrogen) atoms. The summed E-state index contributed by atoms with van der Waals surface area (Å²) in [4.78, 5) is 3.42. The highest BCUT2D eigenvalue weighted by molar-refractivity contribution is 5.99. The molecule has 0 saturated heterocycles. The first-order valence-electron chi connectivity index (χ1n) is 3.97. The zero-order chi connectivity index (χ0) is 9.26. The van der Waals surface area contributed by atoms with Gasteiger partial charge in [-0.25, -0.2) is 4.85 Å². The third kappa shape index (κ3) is 1.11. The van der Waals surface area contributed by atoms with E-state index >= 15 is 0 Å². The molecule has 2 aromatic carbocycles. The van der Waals surface area contributed by atoms with E-state index in [1.165, 1.54) is 0 Å². The number of fused-ring (bicyclic) bond motifs is 1. The van der Waals surface area contributed by atoms with E-state index in [1.54, 1.807) is 6.07 Å². The Balaban J connectivity index is 2.94. The number of hydrogen-bond acceptors (Lipinski definition) is 1. The highest BCUT2D eigenvalue weighted by Crippen LogP contribution is 2.31. The molecule has 62 valence electrons. The number of nitrogens with two attached hydrogens (primary N) is 1. The number of nitrogen functional groups attached to an aromatic ring is 1. The first kappa shape index (κ1) is 7.63. The van der Waals surface area contributed by atoms with Gasteiger partial charge >= 0.3 is 0 Å². The molecule has 0 aliphatic carbocycles. The molecule has 2 nitrogen and oxygen atoms in total. The van der Waals surface area contributed by atoms with Crippen molar-refractivity contribution in [2.24, 2.45) is 0 Å². The van der Waals surface area contributed by atoms with Crippen LogP contribution in [0.1, 0.15) is 0 Å². The second-order valence-electron chi connectivity index (χ2n) is 2.84. The Morgan fingerprint density at radius 3 is 2.62 bits per heavy atom. The fraction of sp³-hybridized carbons (Fsp3) is 0. The van der Waals surface area contributed by atoms with Crippen LogP contribution in [0.5, 0.6) is 0 Å². The van der Waals surface area contributed by atoms with Crippen molar-refractivity contribution in [2.45, 2.75) is 0 Å². The van der Waals surface area contributed by atoms with Crippen molar-refractivity contribution in [1.82, 2.24) is 0 Å². The highest BCUT2D eigenvalue weighted by atomic mass is 14.7. The molecule has 2 aromatic rings. The summed E-state index contributed by atoms with van der Waals surface area (Å²) in [5, 5.41) is 1.99. The maximum absolute atomic E-state index is 7.01. The first-order valence-corrected chi connectivity index (χ1v) is 3.97. The van der Waals surface area contributed by atoms with E-state index in [9.17, 15) is 0 Å². The molecule has 0 unspecified atom stereocenters. The summed E-state index contributed by atoms with van der Waals surface area (Å²) in [5.74, 6) is 0. The van der Waals surface area contributed by atoms with Gasteiger partial charge in [-0.05, 0) is 16.8 Å². The van der Waals surface area contributed by atoms with Gasteiger partial charge in [0.2, 0.25) is 5.69 Å². The lowest BCUT2D eigenvalue weighted by Gasteiger charge is -2.02. The molecule has 0 aliphatic heterocycles. The second-order valence-corrected chi connectivity index (χ2v) is 2.84. The van der Waals surface area contributed by atoms with Crippen LogP contribution in [0, 0.1) is 6.57 Å². The average molecular weight is 168 g/mol. The van der Waals surface area contributed by atoms with Gasteiger partial charge in [0.05, 0.1) is 6.57 Å². The summed E-state index contributed by atoms with van der Waals surface area (Å²) >= 11 is 0. The Kier molecular flexibility index (Phi) is 1.64. The molecule has 0 spiro atoms. The van der Waals surface area contributed by atoms with Gasteiger partial charge in [0, 0.05) is 5.69 Å². The van der Waals surface area contributed by atoms with Gasteiger partial charge in [0.25, 0.3) is 0 Å². The Morgan fingerprint density at radius 1 is 1.08 bits per heavy atom. The quantitative estimate of drug-likeness (QED) is 0.475. The molecule has 0 amide bonds. The summed E-state index contributed by atoms with van der Waals surface area (Å²) in [6, 6.07) is 11.5. The van der Waals surface area contributed by atoms with Crippen molar-refractivity contribution in [2.75, 3.05) is 5.73 Å². The predicted molar refractivity (Wildman–Crippen MR) is 54.6 cm³/mol. The fourth-order valence-corrected chi connectivity index (χ4v) is 1.40. The van der Waals surface area contributed by atoms with Gasteiger partial charge in [-0.3, -0.25) is 0 Å². The molecule has 0 bridgehead atoms. The van der Waals surface area contributed by atoms with E-state index in [0.717, 1.165) is 10.8 Å². The molecule has 2 rings (SSSR count). The normalized spacial score (nSPS) is 9.77. The number of nitrogens with zero attached hydrogens (tertiary/aromatic N) is 1. The van der Waals surface area contributed by atoms with Crippen LogP contribution >= 0.6 is 0 Å². The molecule has 0 fully saturated rings. The maximum atomic E-state index is 7.01. The van der Waals surface area contributed by atoms with Crippen molar-refractivity contribution in [3.8, 4) is 0 Å². The zero-order valence-electron chi connectivity index (χ0n) is 6.99. The van der Waals surface area contributed by atoms with Gasteiger partial charge in [-0.15, -0.1) is 0 Å². The number of rotatable bonds is 0. The second kappa shape index (κ2) is 2.80. The minimum absolute atomic E-state index is 0.550. The van der Waals surface area contributed by atoms with Gasteiger partial charge < -0.3 is 5.73 Å². The molecule has 0 radical (unpaired) electrons. The summed E-state index contributed by atoms with van der Waals surface area (Å²) in [5.41, 5.74) is 6.79. The Hall–Kier alpha value is -2.01. The minimum atomic E-state index is 0.550. The predicted octanol–water partition coefficient (Wildman–Crippen LogP) is 2.97. The third-order valence-electron chi connectivity index (χ3n) is 2.04. The molecule has 0 aromatic heterocycles. The van der Waals surface area contributed by atoms with E-state index in [4.69, 9.17) is 12.3 Å². The Bertz CT molecular complexity index is 495. The molecular weight excluding hydrogens is 160 g/mol. The van der Waals surface area contributed by atoms with Crippen LogP contribution < -0.4 is 5.73 Å². The van der Waals surface area contributed by atoms with Gasteiger partial charge in [-0.2, -0.15) is 0 Å².